The van der Waals surface area contributed by atoms with E-state index in [4.69, 9.17) is 4.74 Å². The van der Waals surface area contributed by atoms with E-state index < -0.39 is 0 Å². The van der Waals surface area contributed by atoms with E-state index in [0.29, 0.717) is 0 Å². The molecule has 0 saturated heterocycles. The first-order valence-corrected chi connectivity index (χ1v) is 5.76. The molecule has 1 fully saturated rings. The Balaban J connectivity index is 1.94. The number of hydrogen-bond acceptors (Lipinski definition) is 2. The molecule has 0 N–H and O–H groups in total. The lowest BCUT2D eigenvalue weighted by molar-refractivity contribution is -0.151. The van der Waals surface area contributed by atoms with E-state index in [1.54, 1.807) is 0 Å². The van der Waals surface area contributed by atoms with E-state index >= 15 is 0 Å². The lowest BCUT2D eigenvalue weighted by atomic mass is 10.1. The van der Waals surface area contributed by atoms with Crippen LogP contribution < -0.4 is 0 Å². The van der Waals surface area contributed by atoms with Crippen molar-refractivity contribution in [3.8, 4) is 0 Å². The second-order valence-corrected chi connectivity index (χ2v) is 5.24. The SMILES string of the molecule is C[C@H](OC(=O)[C@@H]1CC1(C)C)c1ccccc1. The zero-order valence-electron chi connectivity index (χ0n) is 10.1. The van der Waals surface area contributed by atoms with E-state index in [2.05, 4.69) is 13.8 Å². The highest BCUT2D eigenvalue weighted by Crippen LogP contribution is 2.52. The zero-order valence-corrected chi connectivity index (χ0v) is 10.1. The maximum Gasteiger partial charge on any atom is 0.310 e. The highest BCUT2D eigenvalue weighted by molar-refractivity contribution is 5.76. The lowest BCUT2D eigenvalue weighted by Crippen LogP contribution is -2.13. The minimum Gasteiger partial charge on any atom is -0.458 e. The summed E-state index contributed by atoms with van der Waals surface area (Å²) in [6.45, 7) is 6.13. The fourth-order valence-corrected chi connectivity index (χ4v) is 1.92. The number of carbonyl (C=O) groups excluding carboxylic acids is 1. The maximum atomic E-state index is 11.8. The van der Waals surface area contributed by atoms with Gasteiger partial charge in [-0.2, -0.15) is 0 Å². The Morgan fingerprint density at radius 2 is 1.94 bits per heavy atom. The van der Waals surface area contributed by atoms with Crippen LogP contribution >= 0.6 is 0 Å². The molecule has 0 aromatic heterocycles. The van der Waals surface area contributed by atoms with E-state index in [0.717, 1.165) is 12.0 Å². The van der Waals surface area contributed by atoms with Crippen LogP contribution in [0.25, 0.3) is 0 Å². The molecule has 2 heteroatoms. The normalized spacial score (nSPS) is 23.6. The summed E-state index contributed by atoms with van der Waals surface area (Å²) in [6, 6.07) is 9.84. The molecular weight excluding hydrogens is 200 g/mol. The standard InChI is InChI=1S/C14H18O2/c1-10(11-7-5-4-6-8-11)16-13(15)12-9-14(12,2)3/h4-8,10,12H,9H2,1-3H3/t10-,12-/m0/s1. The number of rotatable bonds is 3. The minimum atomic E-state index is -0.148. The van der Waals surface area contributed by atoms with Crippen LogP contribution in [-0.2, 0) is 9.53 Å². The van der Waals surface area contributed by atoms with E-state index in [9.17, 15) is 4.79 Å². The van der Waals surface area contributed by atoms with Gasteiger partial charge in [0, 0.05) is 0 Å². The first-order chi connectivity index (χ1) is 7.50. The number of ether oxygens (including phenoxy) is 1. The van der Waals surface area contributed by atoms with Crippen LogP contribution in [0.2, 0.25) is 0 Å². The van der Waals surface area contributed by atoms with E-state index in [1.807, 2.05) is 37.3 Å². The monoisotopic (exact) mass is 218 g/mol. The van der Waals surface area contributed by atoms with Gasteiger partial charge < -0.3 is 4.74 Å². The first-order valence-electron chi connectivity index (χ1n) is 5.76. The Morgan fingerprint density at radius 3 is 2.44 bits per heavy atom. The average Bonchev–Trinajstić information content (AvgIpc) is 2.89. The van der Waals surface area contributed by atoms with Crippen molar-refractivity contribution >= 4 is 5.97 Å². The van der Waals surface area contributed by atoms with Crippen molar-refractivity contribution in [2.45, 2.75) is 33.3 Å². The number of esters is 1. The van der Waals surface area contributed by atoms with Gasteiger partial charge in [-0.15, -0.1) is 0 Å². The van der Waals surface area contributed by atoms with Crippen molar-refractivity contribution in [1.82, 2.24) is 0 Å². The van der Waals surface area contributed by atoms with Gasteiger partial charge in [-0.05, 0) is 24.3 Å². The molecule has 86 valence electrons. The summed E-state index contributed by atoms with van der Waals surface area (Å²) in [5.41, 5.74) is 1.20. The van der Waals surface area contributed by atoms with Crippen LogP contribution in [0.4, 0.5) is 0 Å². The molecule has 1 aromatic carbocycles. The molecule has 1 saturated carbocycles. The summed E-state index contributed by atoms with van der Waals surface area (Å²) in [6.07, 6.45) is 0.804. The maximum absolute atomic E-state index is 11.8. The van der Waals surface area contributed by atoms with Crippen molar-refractivity contribution < 1.29 is 9.53 Å². The topological polar surface area (TPSA) is 26.3 Å². The first kappa shape index (κ1) is 11.2. The molecule has 2 rings (SSSR count). The van der Waals surface area contributed by atoms with E-state index in [-0.39, 0.29) is 23.4 Å². The third kappa shape index (κ3) is 2.26. The fourth-order valence-electron chi connectivity index (χ4n) is 1.92. The van der Waals surface area contributed by atoms with Gasteiger partial charge in [-0.25, -0.2) is 0 Å². The molecule has 1 aliphatic carbocycles. The van der Waals surface area contributed by atoms with E-state index in [1.165, 1.54) is 0 Å². The molecule has 1 aliphatic rings. The smallest absolute Gasteiger partial charge is 0.310 e. The van der Waals surface area contributed by atoms with Crippen molar-refractivity contribution in [2.75, 3.05) is 0 Å². The summed E-state index contributed by atoms with van der Waals surface area (Å²) in [4.78, 5) is 11.8. The molecule has 0 unspecified atom stereocenters. The summed E-state index contributed by atoms with van der Waals surface area (Å²) < 4.78 is 5.46. The van der Waals surface area contributed by atoms with Crippen LogP contribution in [0.3, 0.4) is 0 Å². The fraction of sp³-hybridized carbons (Fsp3) is 0.500. The molecule has 0 radical (unpaired) electrons. The number of benzene rings is 1. The van der Waals surface area contributed by atoms with Crippen molar-refractivity contribution in [3.05, 3.63) is 35.9 Å². The Hall–Kier alpha value is -1.31. The Bertz CT molecular complexity index is 381. The molecule has 0 aliphatic heterocycles. The number of carbonyl (C=O) groups is 1. The lowest BCUT2D eigenvalue weighted by Gasteiger charge is -2.14. The second kappa shape index (κ2) is 3.93. The van der Waals surface area contributed by atoms with Gasteiger partial charge >= 0.3 is 5.97 Å². The molecular formula is C14H18O2. The third-order valence-corrected chi connectivity index (χ3v) is 3.36. The number of hydrogen-bond donors (Lipinski definition) is 0. The van der Waals surface area contributed by atoms with Gasteiger partial charge in [-0.3, -0.25) is 4.79 Å². The molecule has 16 heavy (non-hydrogen) atoms. The minimum absolute atomic E-state index is 0.0543. The summed E-state index contributed by atoms with van der Waals surface area (Å²) in [5, 5.41) is 0. The van der Waals surface area contributed by atoms with Gasteiger partial charge in [0.25, 0.3) is 0 Å². The molecule has 1 aromatic rings. The van der Waals surface area contributed by atoms with Crippen LogP contribution in [0.1, 0.15) is 38.9 Å². The molecule has 2 atom stereocenters. The van der Waals surface area contributed by atoms with Gasteiger partial charge in [-0.1, -0.05) is 44.2 Å². The van der Waals surface area contributed by atoms with Gasteiger partial charge in [0.1, 0.15) is 6.10 Å². The zero-order chi connectivity index (χ0) is 11.8. The van der Waals surface area contributed by atoms with Crippen LogP contribution in [-0.4, -0.2) is 5.97 Å². The Kier molecular flexibility index (Phi) is 2.75. The highest BCUT2D eigenvalue weighted by atomic mass is 16.5. The van der Waals surface area contributed by atoms with Crippen LogP contribution in [0.15, 0.2) is 30.3 Å². The van der Waals surface area contributed by atoms with Crippen LogP contribution in [0, 0.1) is 11.3 Å². The molecule has 0 spiro atoms. The molecule has 0 heterocycles. The van der Waals surface area contributed by atoms with Gasteiger partial charge in [0.15, 0.2) is 0 Å². The average molecular weight is 218 g/mol. The highest BCUT2D eigenvalue weighted by Gasteiger charge is 2.52. The predicted molar refractivity (Wildman–Crippen MR) is 62.8 cm³/mol. The van der Waals surface area contributed by atoms with Gasteiger partial charge in [0.05, 0.1) is 5.92 Å². The van der Waals surface area contributed by atoms with Crippen molar-refractivity contribution in [3.63, 3.8) is 0 Å². The predicted octanol–water partition coefficient (Wildman–Crippen LogP) is 3.34. The molecule has 0 amide bonds. The third-order valence-electron chi connectivity index (χ3n) is 3.36. The second-order valence-electron chi connectivity index (χ2n) is 5.24. The van der Waals surface area contributed by atoms with Gasteiger partial charge in [0.2, 0.25) is 0 Å². The summed E-state index contributed by atoms with van der Waals surface area (Å²) in [5.74, 6) is 0.0417. The Morgan fingerprint density at radius 1 is 1.38 bits per heavy atom. The quantitative estimate of drug-likeness (QED) is 0.727. The van der Waals surface area contributed by atoms with Crippen molar-refractivity contribution in [2.24, 2.45) is 11.3 Å². The van der Waals surface area contributed by atoms with Crippen LogP contribution in [0.5, 0.6) is 0 Å². The molecule has 0 bridgehead atoms. The van der Waals surface area contributed by atoms with Crippen molar-refractivity contribution in [1.29, 1.82) is 0 Å². The largest absolute Gasteiger partial charge is 0.458 e. The summed E-state index contributed by atoms with van der Waals surface area (Å²) >= 11 is 0. The summed E-state index contributed by atoms with van der Waals surface area (Å²) in [7, 11) is 0. The Labute approximate surface area is 96.6 Å². The molecule has 2 nitrogen and oxygen atoms in total.